The quantitative estimate of drug-likeness (QED) is 0.838. The van der Waals surface area contributed by atoms with E-state index in [1.165, 1.54) is 31.5 Å². The van der Waals surface area contributed by atoms with Gasteiger partial charge in [0, 0.05) is 12.5 Å². The van der Waals surface area contributed by atoms with Gasteiger partial charge in [-0.15, -0.1) is 10.2 Å². The Labute approximate surface area is 96.4 Å². The molecule has 4 nitrogen and oxygen atoms in total. The van der Waals surface area contributed by atoms with Gasteiger partial charge in [-0.1, -0.05) is 0 Å². The maximum Gasteiger partial charge on any atom is 0.136 e. The van der Waals surface area contributed by atoms with Gasteiger partial charge >= 0.3 is 0 Å². The lowest BCUT2D eigenvalue weighted by Crippen LogP contribution is -2.28. The van der Waals surface area contributed by atoms with Crippen molar-refractivity contribution in [3.63, 3.8) is 0 Å². The first-order valence-electron chi connectivity index (χ1n) is 6.45. The van der Waals surface area contributed by atoms with E-state index in [0.717, 1.165) is 31.4 Å². The van der Waals surface area contributed by atoms with Crippen LogP contribution in [0.2, 0.25) is 0 Å². The number of hydrogen-bond acceptors (Lipinski definition) is 3. The van der Waals surface area contributed by atoms with Crippen molar-refractivity contribution >= 4 is 0 Å². The minimum absolute atomic E-state index is 0.626. The molecule has 3 rings (SSSR count). The van der Waals surface area contributed by atoms with Crippen LogP contribution >= 0.6 is 0 Å². The predicted octanol–water partition coefficient (Wildman–Crippen LogP) is 1.46. The minimum Gasteiger partial charge on any atom is -0.317 e. The van der Waals surface area contributed by atoms with Crippen LogP contribution in [0.15, 0.2) is 0 Å². The van der Waals surface area contributed by atoms with Gasteiger partial charge in [0.1, 0.15) is 11.6 Å². The first kappa shape index (κ1) is 10.3. The first-order valence-corrected chi connectivity index (χ1v) is 6.45. The molecule has 1 aromatic heterocycles. The molecule has 4 heteroatoms. The summed E-state index contributed by atoms with van der Waals surface area (Å²) in [6, 6.07) is 0. The number of piperidine rings is 1. The van der Waals surface area contributed by atoms with Gasteiger partial charge in [-0.25, -0.2) is 0 Å². The van der Waals surface area contributed by atoms with E-state index in [9.17, 15) is 0 Å². The molecular formula is C12H20N4. The Morgan fingerprint density at radius 2 is 1.94 bits per heavy atom. The summed E-state index contributed by atoms with van der Waals surface area (Å²) in [7, 11) is 0. The molecule has 2 fully saturated rings. The third-order valence-electron chi connectivity index (χ3n) is 3.81. The third-order valence-corrected chi connectivity index (χ3v) is 3.81. The fourth-order valence-electron chi connectivity index (χ4n) is 2.56. The Morgan fingerprint density at radius 1 is 1.19 bits per heavy atom. The summed E-state index contributed by atoms with van der Waals surface area (Å²) in [5.74, 6) is 3.86. The third kappa shape index (κ3) is 1.98. The number of nitrogens with zero attached hydrogens (tertiary/aromatic N) is 3. The molecule has 1 aliphatic carbocycles. The summed E-state index contributed by atoms with van der Waals surface area (Å²) < 4.78 is 2.37. The van der Waals surface area contributed by atoms with Gasteiger partial charge in [0.25, 0.3) is 0 Å². The lowest BCUT2D eigenvalue weighted by molar-refractivity contribution is 0.424. The smallest absolute Gasteiger partial charge is 0.136 e. The normalized spacial score (nSPS) is 22.6. The zero-order chi connectivity index (χ0) is 11.0. The number of hydrogen-bond donors (Lipinski definition) is 1. The molecule has 0 radical (unpaired) electrons. The van der Waals surface area contributed by atoms with Crippen LogP contribution in [0.5, 0.6) is 0 Å². The summed E-state index contributed by atoms with van der Waals surface area (Å²) in [4.78, 5) is 0. The second-order valence-corrected chi connectivity index (χ2v) is 5.18. The van der Waals surface area contributed by atoms with E-state index in [1.54, 1.807) is 0 Å². The van der Waals surface area contributed by atoms with Crippen LogP contribution in [0.4, 0.5) is 0 Å². The topological polar surface area (TPSA) is 42.7 Å². The van der Waals surface area contributed by atoms with Gasteiger partial charge in [-0.3, -0.25) is 0 Å². The van der Waals surface area contributed by atoms with Gasteiger partial charge in [0.05, 0.1) is 0 Å². The number of rotatable bonds is 3. The molecule has 2 heterocycles. The molecule has 1 saturated heterocycles. The molecule has 1 aromatic rings. The molecule has 0 amide bonds. The van der Waals surface area contributed by atoms with Crippen LogP contribution in [-0.2, 0) is 6.54 Å². The van der Waals surface area contributed by atoms with Crippen LogP contribution in [0.3, 0.4) is 0 Å². The van der Waals surface area contributed by atoms with E-state index >= 15 is 0 Å². The van der Waals surface area contributed by atoms with Gasteiger partial charge in [0.15, 0.2) is 0 Å². The Morgan fingerprint density at radius 3 is 2.62 bits per heavy atom. The van der Waals surface area contributed by atoms with E-state index < -0.39 is 0 Å². The van der Waals surface area contributed by atoms with Crippen molar-refractivity contribution in [1.82, 2.24) is 20.1 Å². The molecule has 1 aliphatic heterocycles. The van der Waals surface area contributed by atoms with Crippen molar-refractivity contribution < 1.29 is 0 Å². The fourth-order valence-corrected chi connectivity index (χ4v) is 2.56. The second-order valence-electron chi connectivity index (χ2n) is 5.18. The molecule has 1 N–H and O–H groups in total. The largest absolute Gasteiger partial charge is 0.317 e. The molecule has 0 bridgehead atoms. The van der Waals surface area contributed by atoms with Crippen molar-refractivity contribution in [2.24, 2.45) is 5.92 Å². The molecule has 0 unspecified atom stereocenters. The van der Waals surface area contributed by atoms with E-state index in [4.69, 9.17) is 0 Å². The summed E-state index contributed by atoms with van der Waals surface area (Å²) in [5.41, 5.74) is 0. The van der Waals surface area contributed by atoms with Gasteiger partial charge in [-0.2, -0.15) is 0 Å². The Bertz CT molecular complexity index is 361. The summed E-state index contributed by atoms with van der Waals surface area (Å²) in [5, 5.41) is 12.1. The summed E-state index contributed by atoms with van der Waals surface area (Å²) in [6.45, 7) is 5.48. The highest BCUT2D eigenvalue weighted by molar-refractivity contribution is 5.03. The summed E-state index contributed by atoms with van der Waals surface area (Å²) >= 11 is 0. The molecule has 1 saturated carbocycles. The van der Waals surface area contributed by atoms with E-state index in [-0.39, 0.29) is 0 Å². The maximum absolute atomic E-state index is 4.41. The predicted molar refractivity (Wildman–Crippen MR) is 62.3 cm³/mol. The average Bonchev–Trinajstić information content (AvgIpc) is 3.06. The van der Waals surface area contributed by atoms with Crippen molar-refractivity contribution in [2.45, 2.75) is 45.1 Å². The zero-order valence-electron chi connectivity index (χ0n) is 9.95. The van der Waals surface area contributed by atoms with Crippen LogP contribution in [0.1, 0.15) is 43.3 Å². The maximum atomic E-state index is 4.41. The fraction of sp³-hybridized carbons (Fsp3) is 0.833. The molecular weight excluding hydrogens is 200 g/mol. The van der Waals surface area contributed by atoms with Crippen LogP contribution in [0.25, 0.3) is 0 Å². The van der Waals surface area contributed by atoms with Gasteiger partial charge < -0.3 is 9.88 Å². The monoisotopic (exact) mass is 220 g/mol. The highest BCUT2D eigenvalue weighted by atomic mass is 15.3. The standard InChI is InChI=1S/C12H20N4/c1-9-14-15-12(11-4-6-13-7-5-11)16(9)8-10-2-3-10/h10-11,13H,2-8H2,1H3. The Hall–Kier alpha value is -0.900. The average molecular weight is 220 g/mol. The first-order chi connectivity index (χ1) is 7.84. The highest BCUT2D eigenvalue weighted by Gasteiger charge is 2.27. The van der Waals surface area contributed by atoms with Crippen molar-refractivity contribution in [2.75, 3.05) is 13.1 Å². The Balaban J connectivity index is 1.80. The van der Waals surface area contributed by atoms with Crippen molar-refractivity contribution in [3.05, 3.63) is 11.6 Å². The van der Waals surface area contributed by atoms with E-state index in [1.807, 2.05) is 0 Å². The molecule has 0 spiro atoms. The Kier molecular flexibility index (Phi) is 2.67. The minimum atomic E-state index is 0.626. The zero-order valence-corrected chi connectivity index (χ0v) is 9.95. The van der Waals surface area contributed by atoms with Crippen LogP contribution in [0, 0.1) is 12.8 Å². The van der Waals surface area contributed by atoms with Crippen molar-refractivity contribution in [1.29, 1.82) is 0 Å². The molecule has 88 valence electrons. The number of aryl methyl sites for hydroxylation is 1. The van der Waals surface area contributed by atoms with Crippen LogP contribution < -0.4 is 5.32 Å². The van der Waals surface area contributed by atoms with E-state index in [2.05, 4.69) is 27.0 Å². The summed E-state index contributed by atoms with van der Waals surface area (Å²) in [6.07, 6.45) is 5.21. The molecule has 0 atom stereocenters. The molecule has 0 aromatic carbocycles. The van der Waals surface area contributed by atoms with Gasteiger partial charge in [0.2, 0.25) is 0 Å². The lowest BCUT2D eigenvalue weighted by Gasteiger charge is -2.22. The van der Waals surface area contributed by atoms with Gasteiger partial charge in [-0.05, 0) is 51.6 Å². The second kappa shape index (κ2) is 4.17. The highest BCUT2D eigenvalue weighted by Crippen LogP contribution is 2.33. The molecule has 16 heavy (non-hydrogen) atoms. The van der Waals surface area contributed by atoms with Crippen molar-refractivity contribution in [3.8, 4) is 0 Å². The van der Waals surface area contributed by atoms with E-state index in [0.29, 0.717) is 5.92 Å². The number of nitrogens with one attached hydrogen (secondary N) is 1. The molecule has 2 aliphatic rings. The lowest BCUT2D eigenvalue weighted by atomic mass is 9.97. The SMILES string of the molecule is Cc1nnc(C2CCNCC2)n1CC1CC1. The number of aromatic nitrogens is 3. The van der Waals surface area contributed by atoms with Crippen LogP contribution in [-0.4, -0.2) is 27.9 Å².